The zero-order chi connectivity index (χ0) is 14.3. The maximum absolute atomic E-state index is 10.8. The number of nitrogens with zero attached hydrogens (tertiary/aromatic N) is 1. The number of nitro groups is 1. The average molecular weight is 268 g/mol. The highest BCUT2D eigenvalue weighted by atomic mass is 16.6. The molecule has 0 amide bonds. The normalized spacial score (nSPS) is 12.2. The van der Waals surface area contributed by atoms with Gasteiger partial charge in [0.2, 0.25) is 0 Å². The first kappa shape index (κ1) is 15.4. The van der Waals surface area contributed by atoms with E-state index in [0.717, 1.165) is 12.0 Å². The lowest BCUT2D eigenvalue weighted by atomic mass is 10.2. The predicted octanol–water partition coefficient (Wildman–Crippen LogP) is 1.64. The summed E-state index contributed by atoms with van der Waals surface area (Å²) in [7, 11) is 0. The summed E-state index contributed by atoms with van der Waals surface area (Å²) in [5, 5.41) is 22.9. The molecule has 0 unspecified atom stereocenters. The van der Waals surface area contributed by atoms with Crippen molar-refractivity contribution in [2.45, 2.75) is 26.4 Å². The fraction of sp³-hybridized carbons (Fsp3) is 0.538. The Hall–Kier alpha value is -1.66. The van der Waals surface area contributed by atoms with Crippen LogP contribution in [0.2, 0.25) is 0 Å². The van der Waals surface area contributed by atoms with Gasteiger partial charge in [0, 0.05) is 12.6 Å². The third-order valence-corrected chi connectivity index (χ3v) is 2.51. The minimum Gasteiger partial charge on any atom is -0.487 e. The van der Waals surface area contributed by atoms with Gasteiger partial charge in [0.05, 0.1) is 17.6 Å². The summed E-state index contributed by atoms with van der Waals surface area (Å²) in [6, 6.07) is 4.81. The third kappa shape index (κ3) is 5.67. The van der Waals surface area contributed by atoms with Crippen LogP contribution in [0.25, 0.3) is 0 Å². The highest BCUT2D eigenvalue weighted by Crippen LogP contribution is 2.27. The predicted molar refractivity (Wildman–Crippen MR) is 72.5 cm³/mol. The number of nitro benzene ring substituents is 1. The molecule has 2 N–H and O–H groups in total. The Balaban J connectivity index is 2.40. The third-order valence-electron chi connectivity index (χ3n) is 2.51. The Morgan fingerprint density at radius 1 is 1.53 bits per heavy atom. The van der Waals surface area contributed by atoms with E-state index >= 15 is 0 Å². The average Bonchev–Trinajstić information content (AvgIpc) is 2.33. The molecule has 0 fully saturated rings. The molecule has 6 heteroatoms. The molecule has 0 aromatic heterocycles. The van der Waals surface area contributed by atoms with E-state index < -0.39 is 4.92 Å². The molecule has 106 valence electrons. The van der Waals surface area contributed by atoms with Gasteiger partial charge in [-0.25, -0.2) is 0 Å². The highest BCUT2D eigenvalue weighted by molar-refractivity contribution is 5.48. The number of rotatable bonds is 8. The van der Waals surface area contributed by atoms with Crippen molar-refractivity contribution in [3.63, 3.8) is 0 Å². The lowest BCUT2D eigenvalue weighted by molar-refractivity contribution is -0.385. The SMILES string of the molecule is Cc1ccc([N+](=O)[O-])c(OCCCNC[C@@H](C)O)c1. The van der Waals surface area contributed by atoms with Crippen molar-refractivity contribution >= 4 is 5.69 Å². The molecule has 0 aliphatic carbocycles. The summed E-state index contributed by atoms with van der Waals surface area (Å²) >= 11 is 0. The van der Waals surface area contributed by atoms with Gasteiger partial charge in [0.15, 0.2) is 5.75 Å². The maximum Gasteiger partial charge on any atom is 0.310 e. The Morgan fingerprint density at radius 2 is 2.26 bits per heavy atom. The van der Waals surface area contributed by atoms with Crippen LogP contribution in [0, 0.1) is 17.0 Å². The van der Waals surface area contributed by atoms with Crippen molar-refractivity contribution in [2.24, 2.45) is 0 Å². The van der Waals surface area contributed by atoms with Crippen molar-refractivity contribution in [2.75, 3.05) is 19.7 Å². The summed E-state index contributed by atoms with van der Waals surface area (Å²) in [6.45, 7) is 5.20. The zero-order valence-electron chi connectivity index (χ0n) is 11.3. The largest absolute Gasteiger partial charge is 0.487 e. The molecule has 0 bridgehead atoms. The van der Waals surface area contributed by atoms with Crippen LogP contribution < -0.4 is 10.1 Å². The Labute approximate surface area is 112 Å². The fourth-order valence-corrected chi connectivity index (χ4v) is 1.58. The van der Waals surface area contributed by atoms with E-state index in [1.54, 1.807) is 19.1 Å². The number of aliphatic hydroxyl groups excluding tert-OH is 1. The topological polar surface area (TPSA) is 84.6 Å². The standard InChI is InChI=1S/C13H20N2O4/c1-10-4-5-12(15(17)18)13(8-10)19-7-3-6-14-9-11(2)16/h4-5,8,11,14,16H,3,6-7,9H2,1-2H3/t11-/m1/s1. The van der Waals surface area contributed by atoms with E-state index in [0.29, 0.717) is 25.4 Å². The molecule has 1 aromatic carbocycles. The second-order valence-corrected chi connectivity index (χ2v) is 4.48. The van der Waals surface area contributed by atoms with Crippen molar-refractivity contribution < 1.29 is 14.8 Å². The molecule has 0 spiro atoms. The van der Waals surface area contributed by atoms with E-state index in [-0.39, 0.29) is 11.8 Å². The molecular formula is C13H20N2O4. The molecule has 1 atom stereocenters. The number of aryl methyl sites for hydroxylation is 1. The van der Waals surface area contributed by atoms with Crippen molar-refractivity contribution in [1.82, 2.24) is 5.32 Å². The van der Waals surface area contributed by atoms with Crippen LogP contribution >= 0.6 is 0 Å². The van der Waals surface area contributed by atoms with Gasteiger partial charge in [0.1, 0.15) is 0 Å². The molecule has 0 heterocycles. The molecule has 0 saturated carbocycles. The van der Waals surface area contributed by atoms with Crippen LogP contribution in [-0.2, 0) is 0 Å². The van der Waals surface area contributed by atoms with E-state index in [1.165, 1.54) is 6.07 Å². The summed E-state index contributed by atoms with van der Waals surface area (Å²) in [5.74, 6) is 0.306. The number of hydrogen-bond donors (Lipinski definition) is 2. The molecular weight excluding hydrogens is 248 g/mol. The molecule has 0 saturated heterocycles. The van der Waals surface area contributed by atoms with Crippen molar-refractivity contribution in [1.29, 1.82) is 0 Å². The number of aliphatic hydroxyl groups is 1. The number of hydrogen-bond acceptors (Lipinski definition) is 5. The second kappa shape index (κ2) is 7.70. The molecule has 1 rings (SSSR count). The van der Waals surface area contributed by atoms with Gasteiger partial charge in [-0.3, -0.25) is 10.1 Å². The maximum atomic E-state index is 10.8. The van der Waals surface area contributed by atoms with Crippen LogP contribution in [0.3, 0.4) is 0 Å². The summed E-state index contributed by atoms with van der Waals surface area (Å²) in [4.78, 5) is 10.4. The summed E-state index contributed by atoms with van der Waals surface area (Å²) < 4.78 is 5.44. The molecule has 0 radical (unpaired) electrons. The van der Waals surface area contributed by atoms with Gasteiger partial charge in [0.25, 0.3) is 0 Å². The van der Waals surface area contributed by atoms with E-state index in [9.17, 15) is 10.1 Å². The minimum absolute atomic E-state index is 0.0115. The molecule has 1 aromatic rings. The summed E-state index contributed by atoms with van der Waals surface area (Å²) in [5.41, 5.74) is 0.912. The Bertz CT molecular complexity index is 421. The van der Waals surface area contributed by atoms with Crippen LogP contribution in [0.15, 0.2) is 18.2 Å². The minimum atomic E-state index is -0.444. The quantitative estimate of drug-likeness (QED) is 0.425. The Morgan fingerprint density at radius 3 is 2.89 bits per heavy atom. The van der Waals surface area contributed by atoms with E-state index in [1.807, 2.05) is 6.92 Å². The molecule has 0 aliphatic heterocycles. The smallest absolute Gasteiger partial charge is 0.310 e. The molecule has 0 aliphatic rings. The zero-order valence-corrected chi connectivity index (χ0v) is 11.3. The lowest BCUT2D eigenvalue weighted by Gasteiger charge is -2.09. The van der Waals surface area contributed by atoms with E-state index in [4.69, 9.17) is 9.84 Å². The van der Waals surface area contributed by atoms with Gasteiger partial charge in [-0.1, -0.05) is 6.07 Å². The van der Waals surface area contributed by atoms with Gasteiger partial charge in [-0.15, -0.1) is 0 Å². The van der Waals surface area contributed by atoms with Gasteiger partial charge in [-0.2, -0.15) is 0 Å². The molecule has 19 heavy (non-hydrogen) atoms. The van der Waals surface area contributed by atoms with E-state index in [2.05, 4.69) is 5.32 Å². The number of benzene rings is 1. The van der Waals surface area contributed by atoms with Crippen LogP contribution in [0.4, 0.5) is 5.69 Å². The van der Waals surface area contributed by atoms with Crippen LogP contribution in [-0.4, -0.2) is 35.8 Å². The molecule has 6 nitrogen and oxygen atoms in total. The first-order chi connectivity index (χ1) is 9.00. The highest BCUT2D eigenvalue weighted by Gasteiger charge is 2.14. The number of ether oxygens (including phenoxy) is 1. The van der Waals surface area contributed by atoms with Crippen LogP contribution in [0.1, 0.15) is 18.9 Å². The second-order valence-electron chi connectivity index (χ2n) is 4.48. The van der Waals surface area contributed by atoms with Crippen molar-refractivity contribution in [3.8, 4) is 5.75 Å². The lowest BCUT2D eigenvalue weighted by Crippen LogP contribution is -2.26. The first-order valence-corrected chi connectivity index (χ1v) is 6.27. The van der Waals surface area contributed by atoms with Crippen molar-refractivity contribution in [3.05, 3.63) is 33.9 Å². The number of nitrogens with one attached hydrogen (secondary N) is 1. The van der Waals surface area contributed by atoms with Gasteiger partial charge >= 0.3 is 5.69 Å². The van der Waals surface area contributed by atoms with Gasteiger partial charge < -0.3 is 15.2 Å². The monoisotopic (exact) mass is 268 g/mol. The summed E-state index contributed by atoms with van der Waals surface area (Å²) in [6.07, 6.45) is 0.344. The Kier molecular flexibility index (Phi) is 6.24. The fourth-order valence-electron chi connectivity index (χ4n) is 1.58. The first-order valence-electron chi connectivity index (χ1n) is 6.27. The van der Waals surface area contributed by atoms with Crippen LogP contribution in [0.5, 0.6) is 5.75 Å². The van der Waals surface area contributed by atoms with Gasteiger partial charge in [-0.05, 0) is 38.4 Å².